The third kappa shape index (κ3) is 1.85. The Bertz CT molecular complexity index is 502. The molecule has 1 aromatic carbocycles. The first kappa shape index (κ1) is 10.9. The molecule has 84 valence electrons. The molecule has 0 unspecified atom stereocenters. The van der Waals surface area contributed by atoms with E-state index in [1.54, 1.807) is 18.4 Å². The van der Waals surface area contributed by atoms with Crippen molar-refractivity contribution in [3.63, 3.8) is 0 Å². The van der Waals surface area contributed by atoms with Crippen molar-refractivity contribution in [3.8, 4) is 11.1 Å². The van der Waals surface area contributed by atoms with Gasteiger partial charge in [-0.2, -0.15) is 0 Å². The second kappa shape index (κ2) is 4.08. The SMILES string of the molecule is Cc1nocc1-c1ccc(F)cc1C(C)C. The highest BCUT2D eigenvalue weighted by Crippen LogP contribution is 2.31. The number of rotatable bonds is 2. The highest BCUT2D eigenvalue weighted by atomic mass is 19.1. The van der Waals surface area contributed by atoms with E-state index in [1.807, 2.05) is 20.8 Å². The van der Waals surface area contributed by atoms with Gasteiger partial charge in [-0.3, -0.25) is 0 Å². The fourth-order valence-corrected chi connectivity index (χ4v) is 1.81. The molecule has 0 aliphatic rings. The van der Waals surface area contributed by atoms with Crippen LogP contribution in [-0.4, -0.2) is 5.16 Å². The van der Waals surface area contributed by atoms with Gasteiger partial charge in [-0.05, 0) is 36.1 Å². The molecular formula is C13H14FNO. The van der Waals surface area contributed by atoms with E-state index in [2.05, 4.69) is 5.16 Å². The lowest BCUT2D eigenvalue weighted by Gasteiger charge is -2.11. The quantitative estimate of drug-likeness (QED) is 0.765. The Morgan fingerprint density at radius 3 is 2.56 bits per heavy atom. The van der Waals surface area contributed by atoms with Gasteiger partial charge in [0.2, 0.25) is 0 Å². The predicted octanol–water partition coefficient (Wildman–Crippen LogP) is 3.91. The van der Waals surface area contributed by atoms with Crippen LogP contribution in [-0.2, 0) is 0 Å². The van der Waals surface area contributed by atoms with E-state index < -0.39 is 0 Å². The molecule has 0 aliphatic heterocycles. The Morgan fingerprint density at radius 2 is 2.00 bits per heavy atom. The van der Waals surface area contributed by atoms with Crippen molar-refractivity contribution in [2.75, 3.05) is 0 Å². The van der Waals surface area contributed by atoms with Crippen LogP contribution >= 0.6 is 0 Å². The topological polar surface area (TPSA) is 26.0 Å². The van der Waals surface area contributed by atoms with Gasteiger partial charge < -0.3 is 4.52 Å². The fraction of sp³-hybridized carbons (Fsp3) is 0.308. The Balaban J connectivity index is 2.61. The van der Waals surface area contributed by atoms with E-state index >= 15 is 0 Å². The number of halogens is 1. The number of benzene rings is 1. The zero-order valence-electron chi connectivity index (χ0n) is 9.62. The minimum absolute atomic E-state index is 0.207. The lowest BCUT2D eigenvalue weighted by atomic mass is 9.93. The molecule has 16 heavy (non-hydrogen) atoms. The monoisotopic (exact) mass is 219 g/mol. The summed E-state index contributed by atoms with van der Waals surface area (Å²) >= 11 is 0. The maximum atomic E-state index is 13.2. The molecule has 0 atom stereocenters. The van der Waals surface area contributed by atoms with Gasteiger partial charge >= 0.3 is 0 Å². The standard InChI is InChI=1S/C13H14FNO/c1-8(2)12-6-10(14)4-5-11(12)13-7-16-15-9(13)3/h4-8H,1-3H3. The van der Waals surface area contributed by atoms with E-state index in [9.17, 15) is 4.39 Å². The summed E-state index contributed by atoms with van der Waals surface area (Å²) in [6.45, 7) is 5.97. The van der Waals surface area contributed by atoms with Crippen LogP contribution in [0.5, 0.6) is 0 Å². The molecule has 0 fully saturated rings. The van der Waals surface area contributed by atoms with Gasteiger partial charge in [0.1, 0.15) is 12.1 Å². The van der Waals surface area contributed by atoms with Gasteiger partial charge in [0.05, 0.1) is 5.69 Å². The largest absolute Gasteiger partial charge is 0.364 e. The van der Waals surface area contributed by atoms with Crippen molar-refractivity contribution < 1.29 is 8.91 Å². The van der Waals surface area contributed by atoms with Gasteiger partial charge in [0.15, 0.2) is 0 Å². The Labute approximate surface area is 94.1 Å². The van der Waals surface area contributed by atoms with Crippen LogP contribution in [0.2, 0.25) is 0 Å². The Morgan fingerprint density at radius 1 is 1.25 bits per heavy atom. The smallest absolute Gasteiger partial charge is 0.131 e. The normalized spacial score (nSPS) is 11.1. The van der Waals surface area contributed by atoms with Crippen molar-refractivity contribution in [1.82, 2.24) is 5.16 Å². The molecule has 0 saturated carbocycles. The first-order valence-corrected chi connectivity index (χ1v) is 5.30. The van der Waals surface area contributed by atoms with Crippen LogP contribution in [0.25, 0.3) is 11.1 Å². The first-order valence-electron chi connectivity index (χ1n) is 5.30. The summed E-state index contributed by atoms with van der Waals surface area (Å²) < 4.78 is 18.1. The summed E-state index contributed by atoms with van der Waals surface area (Å²) in [5, 5.41) is 3.85. The van der Waals surface area contributed by atoms with Gasteiger partial charge in [0, 0.05) is 5.56 Å². The van der Waals surface area contributed by atoms with Crippen molar-refractivity contribution >= 4 is 0 Å². The summed E-state index contributed by atoms with van der Waals surface area (Å²) in [6.07, 6.45) is 1.61. The van der Waals surface area contributed by atoms with E-state index in [0.717, 1.165) is 22.4 Å². The number of aryl methyl sites for hydroxylation is 1. The van der Waals surface area contributed by atoms with Gasteiger partial charge in [-0.1, -0.05) is 25.1 Å². The van der Waals surface area contributed by atoms with Crippen LogP contribution < -0.4 is 0 Å². The molecule has 0 radical (unpaired) electrons. The molecule has 3 heteroatoms. The Kier molecular flexibility index (Phi) is 2.77. The lowest BCUT2D eigenvalue weighted by Crippen LogP contribution is -1.94. The van der Waals surface area contributed by atoms with E-state index in [1.165, 1.54) is 6.07 Å². The summed E-state index contributed by atoms with van der Waals surface area (Å²) in [7, 11) is 0. The maximum Gasteiger partial charge on any atom is 0.131 e. The van der Waals surface area contributed by atoms with Crippen LogP contribution in [0.1, 0.15) is 31.0 Å². The maximum absolute atomic E-state index is 13.2. The van der Waals surface area contributed by atoms with Gasteiger partial charge in [-0.25, -0.2) is 4.39 Å². The van der Waals surface area contributed by atoms with Crippen LogP contribution in [0.4, 0.5) is 4.39 Å². The fourth-order valence-electron chi connectivity index (χ4n) is 1.81. The minimum Gasteiger partial charge on any atom is -0.364 e. The van der Waals surface area contributed by atoms with Crippen LogP contribution in [0.3, 0.4) is 0 Å². The average molecular weight is 219 g/mol. The zero-order chi connectivity index (χ0) is 11.7. The van der Waals surface area contributed by atoms with Crippen molar-refractivity contribution in [2.24, 2.45) is 0 Å². The van der Waals surface area contributed by atoms with Crippen LogP contribution in [0.15, 0.2) is 29.0 Å². The molecule has 2 rings (SSSR count). The molecule has 2 aromatic rings. The number of hydrogen-bond donors (Lipinski definition) is 0. The molecule has 0 aliphatic carbocycles. The average Bonchev–Trinajstić information content (AvgIpc) is 2.64. The minimum atomic E-state index is -0.207. The summed E-state index contributed by atoms with van der Waals surface area (Å²) in [4.78, 5) is 0. The second-order valence-corrected chi connectivity index (χ2v) is 4.20. The highest BCUT2D eigenvalue weighted by molar-refractivity contribution is 5.68. The zero-order valence-corrected chi connectivity index (χ0v) is 9.62. The molecule has 1 heterocycles. The molecule has 1 aromatic heterocycles. The van der Waals surface area contributed by atoms with Gasteiger partial charge in [0.25, 0.3) is 0 Å². The number of hydrogen-bond acceptors (Lipinski definition) is 2. The molecule has 0 bridgehead atoms. The lowest BCUT2D eigenvalue weighted by molar-refractivity contribution is 0.415. The second-order valence-electron chi connectivity index (χ2n) is 4.20. The van der Waals surface area contributed by atoms with Gasteiger partial charge in [-0.15, -0.1) is 0 Å². The molecule has 0 N–H and O–H groups in total. The van der Waals surface area contributed by atoms with Crippen molar-refractivity contribution in [2.45, 2.75) is 26.7 Å². The molecule has 0 saturated heterocycles. The van der Waals surface area contributed by atoms with E-state index in [-0.39, 0.29) is 11.7 Å². The number of aromatic nitrogens is 1. The Hall–Kier alpha value is -1.64. The summed E-state index contributed by atoms with van der Waals surface area (Å²) in [5.41, 5.74) is 3.73. The molecule has 0 spiro atoms. The van der Waals surface area contributed by atoms with Crippen molar-refractivity contribution in [3.05, 3.63) is 41.5 Å². The van der Waals surface area contributed by atoms with E-state index in [0.29, 0.717) is 0 Å². The first-order chi connectivity index (χ1) is 7.59. The molecule has 2 nitrogen and oxygen atoms in total. The molecular weight excluding hydrogens is 205 g/mol. The number of nitrogens with zero attached hydrogens (tertiary/aromatic N) is 1. The van der Waals surface area contributed by atoms with Crippen molar-refractivity contribution in [1.29, 1.82) is 0 Å². The van der Waals surface area contributed by atoms with Crippen LogP contribution in [0, 0.1) is 12.7 Å². The summed E-state index contributed by atoms with van der Waals surface area (Å²) in [6, 6.07) is 4.82. The van der Waals surface area contributed by atoms with E-state index in [4.69, 9.17) is 4.52 Å². The third-order valence-corrected chi connectivity index (χ3v) is 2.68. The third-order valence-electron chi connectivity index (χ3n) is 2.68. The molecule has 0 amide bonds. The highest BCUT2D eigenvalue weighted by Gasteiger charge is 2.13. The predicted molar refractivity (Wildman–Crippen MR) is 60.7 cm³/mol. The summed E-state index contributed by atoms with van der Waals surface area (Å²) in [5.74, 6) is 0.0570.